The van der Waals surface area contributed by atoms with Gasteiger partial charge in [0.1, 0.15) is 0 Å². The molecule has 65 heavy (non-hydrogen) atoms. The van der Waals surface area contributed by atoms with Gasteiger partial charge in [-0.1, -0.05) is 133 Å². The first-order valence-electron chi connectivity index (χ1n) is 21.9. The molecule has 0 aliphatic heterocycles. The average Bonchev–Trinajstić information content (AvgIpc) is 3.68. The molecule has 310 valence electrons. The van der Waals surface area contributed by atoms with E-state index in [0.29, 0.717) is 17.5 Å². The monoisotopic (exact) mass is 836 g/mol. The molecule has 11 rings (SSSR count). The van der Waals surface area contributed by atoms with Gasteiger partial charge in [-0.3, -0.25) is 0 Å². The van der Waals surface area contributed by atoms with Crippen LogP contribution in [0, 0.1) is 13.8 Å². The van der Waals surface area contributed by atoms with Crippen molar-refractivity contribution in [3.05, 3.63) is 242 Å². The highest BCUT2D eigenvalue weighted by Crippen LogP contribution is 2.44. The van der Waals surface area contributed by atoms with Crippen molar-refractivity contribution in [3.63, 3.8) is 0 Å². The molecule has 0 N–H and O–H groups in total. The van der Waals surface area contributed by atoms with Crippen molar-refractivity contribution in [2.75, 3.05) is 9.80 Å². The number of hydrogen-bond donors (Lipinski definition) is 0. The Labute approximate surface area is 379 Å². The van der Waals surface area contributed by atoms with E-state index in [1.165, 1.54) is 0 Å². The lowest BCUT2D eigenvalue weighted by Crippen LogP contribution is -2.09. The number of para-hydroxylation sites is 4. The Kier molecular flexibility index (Phi) is 10.2. The van der Waals surface area contributed by atoms with E-state index in [1.807, 2.05) is 60.7 Å². The van der Waals surface area contributed by atoms with Crippen LogP contribution >= 0.6 is 0 Å². The highest BCUT2D eigenvalue weighted by atomic mass is 15.2. The van der Waals surface area contributed by atoms with Crippen LogP contribution in [0.4, 0.5) is 34.1 Å². The van der Waals surface area contributed by atoms with Crippen LogP contribution in [0.25, 0.3) is 61.7 Å². The van der Waals surface area contributed by atoms with Crippen LogP contribution in [-0.2, 0) is 0 Å². The Balaban J connectivity index is 1.12. The van der Waals surface area contributed by atoms with Crippen LogP contribution in [0.5, 0.6) is 0 Å². The highest BCUT2D eigenvalue weighted by molar-refractivity contribution is 6.12. The minimum absolute atomic E-state index is 0.635. The van der Waals surface area contributed by atoms with Gasteiger partial charge in [0.05, 0.1) is 16.7 Å². The second-order valence-electron chi connectivity index (χ2n) is 16.2. The van der Waals surface area contributed by atoms with Crippen molar-refractivity contribution in [2.24, 2.45) is 0 Å². The number of aromatic nitrogens is 4. The van der Waals surface area contributed by atoms with Crippen molar-refractivity contribution in [1.29, 1.82) is 0 Å². The number of benzene rings is 9. The molecule has 0 atom stereocenters. The zero-order chi connectivity index (χ0) is 43.7. The Morgan fingerprint density at radius 1 is 0.308 bits per heavy atom. The summed E-state index contributed by atoms with van der Waals surface area (Å²) in [4.78, 5) is 19.8. The molecule has 2 heterocycles. The van der Waals surface area contributed by atoms with Crippen molar-refractivity contribution in [3.8, 4) is 39.9 Å². The molecule has 0 bridgehead atoms. The van der Waals surface area contributed by atoms with Crippen LogP contribution < -0.4 is 9.80 Å². The first kappa shape index (κ1) is 39.3. The summed E-state index contributed by atoms with van der Waals surface area (Å²) in [6.07, 6.45) is 0. The maximum Gasteiger partial charge on any atom is 0.164 e. The third kappa shape index (κ3) is 7.47. The summed E-state index contributed by atoms with van der Waals surface area (Å²) < 4.78 is 2.44. The van der Waals surface area contributed by atoms with Crippen LogP contribution in [0.1, 0.15) is 11.1 Å². The van der Waals surface area contributed by atoms with Gasteiger partial charge in [0.15, 0.2) is 17.5 Å². The highest BCUT2D eigenvalue weighted by Gasteiger charge is 2.22. The molecular weight excluding hydrogens is 793 g/mol. The lowest BCUT2D eigenvalue weighted by atomic mass is 10.0. The molecule has 2 aromatic heterocycles. The lowest BCUT2D eigenvalue weighted by molar-refractivity contribution is 1.07. The fraction of sp³-hybridized carbons (Fsp3) is 0.0339. The molecule has 0 aliphatic carbocycles. The van der Waals surface area contributed by atoms with Gasteiger partial charge in [-0.05, 0) is 122 Å². The summed E-state index contributed by atoms with van der Waals surface area (Å²) in [5.74, 6) is 1.92. The van der Waals surface area contributed by atoms with Gasteiger partial charge in [-0.15, -0.1) is 0 Å². The number of nitrogens with zero attached hydrogens (tertiary/aromatic N) is 6. The predicted molar refractivity (Wildman–Crippen MR) is 269 cm³/mol. The third-order valence-electron chi connectivity index (χ3n) is 12.0. The quantitative estimate of drug-likeness (QED) is 0.137. The molecule has 11 aromatic rings. The van der Waals surface area contributed by atoms with E-state index >= 15 is 0 Å². The second kappa shape index (κ2) is 16.9. The van der Waals surface area contributed by atoms with Crippen molar-refractivity contribution < 1.29 is 0 Å². The molecule has 9 aromatic carbocycles. The fourth-order valence-electron chi connectivity index (χ4n) is 9.10. The molecule has 0 aliphatic rings. The number of rotatable bonds is 10. The Morgan fingerprint density at radius 3 is 0.954 bits per heavy atom. The van der Waals surface area contributed by atoms with E-state index < -0.39 is 0 Å². The molecule has 0 unspecified atom stereocenters. The van der Waals surface area contributed by atoms with Crippen molar-refractivity contribution in [1.82, 2.24) is 19.5 Å². The summed E-state index contributed by atoms with van der Waals surface area (Å²) in [5.41, 5.74) is 14.9. The van der Waals surface area contributed by atoms with Crippen LogP contribution in [0.3, 0.4) is 0 Å². The van der Waals surface area contributed by atoms with Crippen molar-refractivity contribution in [2.45, 2.75) is 13.8 Å². The van der Waals surface area contributed by atoms with E-state index in [-0.39, 0.29) is 0 Å². The topological polar surface area (TPSA) is 50.1 Å². The van der Waals surface area contributed by atoms with Crippen LogP contribution in [0.15, 0.2) is 231 Å². The maximum atomic E-state index is 5.09. The van der Waals surface area contributed by atoms with Gasteiger partial charge in [0, 0.05) is 61.6 Å². The smallest absolute Gasteiger partial charge is 0.164 e. The summed E-state index contributed by atoms with van der Waals surface area (Å²) in [6, 6.07) is 80.9. The molecule has 0 spiro atoms. The lowest BCUT2D eigenvalue weighted by Gasteiger charge is -2.26. The van der Waals surface area contributed by atoms with Gasteiger partial charge < -0.3 is 14.4 Å². The first-order chi connectivity index (χ1) is 32.1. The van der Waals surface area contributed by atoms with Gasteiger partial charge in [-0.2, -0.15) is 0 Å². The maximum absolute atomic E-state index is 5.09. The summed E-state index contributed by atoms with van der Waals surface area (Å²) in [5, 5.41) is 2.30. The number of aryl methyl sites for hydroxylation is 2. The molecule has 0 amide bonds. The fourth-order valence-corrected chi connectivity index (χ4v) is 9.10. The molecule has 0 fully saturated rings. The van der Waals surface area contributed by atoms with Crippen LogP contribution in [-0.4, -0.2) is 19.5 Å². The van der Waals surface area contributed by atoms with E-state index in [0.717, 1.165) is 89.4 Å². The van der Waals surface area contributed by atoms with Crippen molar-refractivity contribution >= 4 is 55.9 Å². The zero-order valence-corrected chi connectivity index (χ0v) is 36.1. The van der Waals surface area contributed by atoms with Gasteiger partial charge in [0.2, 0.25) is 0 Å². The molecule has 0 radical (unpaired) electrons. The standard InChI is InChI=1S/C59H44N6/c1-41-37-45(59-61-57(43-21-9-3-10-22-43)60-58(62-59)44-23-11-4-12-24-44)38-42(2)56(41)65-54-35-33-50(63(46-25-13-5-14-26-46)47-27-15-6-16-28-47)39-52(54)53-40-51(34-36-55(53)65)64(48-29-17-7-18-30-48)49-31-19-8-20-32-49/h3-40H,1-2H3. The van der Waals surface area contributed by atoms with E-state index in [4.69, 9.17) is 15.0 Å². The molecule has 0 saturated heterocycles. The largest absolute Gasteiger partial charge is 0.310 e. The van der Waals surface area contributed by atoms with E-state index in [1.54, 1.807) is 0 Å². The van der Waals surface area contributed by atoms with Gasteiger partial charge in [0.25, 0.3) is 0 Å². The van der Waals surface area contributed by atoms with E-state index in [9.17, 15) is 0 Å². The minimum Gasteiger partial charge on any atom is -0.310 e. The average molecular weight is 837 g/mol. The Hall–Kier alpha value is -8.61. The Morgan fingerprint density at radius 2 is 0.615 bits per heavy atom. The minimum atomic E-state index is 0.635. The van der Waals surface area contributed by atoms with Crippen LogP contribution in [0.2, 0.25) is 0 Å². The molecule has 6 heteroatoms. The molecular formula is C59H44N6. The SMILES string of the molecule is Cc1cc(-c2nc(-c3ccccc3)nc(-c3ccccc3)n2)cc(C)c1-n1c2ccc(N(c3ccccc3)c3ccccc3)cc2c2cc(N(c3ccccc3)c3ccccc3)ccc21. The summed E-state index contributed by atoms with van der Waals surface area (Å²) in [6.45, 7) is 4.39. The molecule has 6 nitrogen and oxygen atoms in total. The number of anilines is 6. The van der Waals surface area contributed by atoms with Gasteiger partial charge >= 0.3 is 0 Å². The zero-order valence-electron chi connectivity index (χ0n) is 36.1. The number of fused-ring (bicyclic) bond motifs is 3. The summed E-state index contributed by atoms with van der Waals surface area (Å²) in [7, 11) is 0. The Bertz CT molecular complexity index is 3130. The molecule has 0 saturated carbocycles. The predicted octanol–water partition coefficient (Wildman–Crippen LogP) is 15.5. The normalized spacial score (nSPS) is 11.2. The summed E-state index contributed by atoms with van der Waals surface area (Å²) >= 11 is 0. The van der Waals surface area contributed by atoms with E-state index in [2.05, 4.69) is 198 Å². The second-order valence-corrected chi connectivity index (χ2v) is 16.2. The number of hydrogen-bond acceptors (Lipinski definition) is 5. The first-order valence-corrected chi connectivity index (χ1v) is 21.9. The third-order valence-corrected chi connectivity index (χ3v) is 12.0. The van der Waals surface area contributed by atoms with Gasteiger partial charge in [-0.25, -0.2) is 15.0 Å².